The highest BCUT2D eigenvalue weighted by Gasteiger charge is 2.37. The van der Waals surface area contributed by atoms with Gasteiger partial charge in [0.25, 0.3) is 5.97 Å². The van der Waals surface area contributed by atoms with Crippen LogP contribution in [0.3, 0.4) is 0 Å². The minimum atomic E-state index is -1.57. The van der Waals surface area contributed by atoms with Crippen LogP contribution in [0, 0.1) is 23.4 Å². The van der Waals surface area contributed by atoms with Crippen molar-refractivity contribution in [3.63, 3.8) is 0 Å². The first-order chi connectivity index (χ1) is 14.9. The topological polar surface area (TPSA) is 38.7 Å². The fourth-order valence-corrected chi connectivity index (χ4v) is 4.02. The van der Waals surface area contributed by atoms with Gasteiger partial charge in [-0.05, 0) is 57.2 Å². The Morgan fingerprint density at radius 3 is 1.77 bits per heavy atom. The third-order valence-electron chi connectivity index (χ3n) is 5.69. The first-order valence-electron chi connectivity index (χ1n) is 12.0. The van der Waals surface area contributed by atoms with E-state index in [4.69, 9.17) is 9.47 Å². The minimum absolute atomic E-state index is 0.126. The van der Waals surface area contributed by atoms with Gasteiger partial charge in [-0.15, -0.1) is 0 Å². The van der Waals surface area contributed by atoms with E-state index in [0.717, 1.165) is 57.1 Å². The molecule has 0 saturated carbocycles. The van der Waals surface area contributed by atoms with E-state index in [2.05, 4.69) is 6.92 Å². The van der Waals surface area contributed by atoms with E-state index in [9.17, 15) is 18.3 Å². The zero-order valence-corrected chi connectivity index (χ0v) is 19.5. The van der Waals surface area contributed by atoms with E-state index in [1.807, 2.05) is 13.8 Å². The molecule has 1 N–H and O–H groups in total. The fourth-order valence-electron chi connectivity index (χ4n) is 4.02. The number of hydrogen-bond acceptors (Lipinski definition) is 3. The lowest BCUT2D eigenvalue weighted by Gasteiger charge is -2.35. The summed E-state index contributed by atoms with van der Waals surface area (Å²) < 4.78 is 51.0. The lowest BCUT2D eigenvalue weighted by Crippen LogP contribution is -2.44. The van der Waals surface area contributed by atoms with Crippen LogP contribution in [0.15, 0.2) is 12.1 Å². The van der Waals surface area contributed by atoms with Gasteiger partial charge < -0.3 is 14.6 Å². The number of benzene rings is 1. The van der Waals surface area contributed by atoms with Crippen LogP contribution in [0.25, 0.3) is 0 Å². The summed E-state index contributed by atoms with van der Waals surface area (Å²) in [5.41, 5.74) is 0.458. The smallest absolute Gasteiger partial charge is 0.283 e. The molecule has 0 radical (unpaired) electrons. The Labute approximate surface area is 186 Å². The van der Waals surface area contributed by atoms with Gasteiger partial charge in [-0.3, -0.25) is 0 Å². The summed E-state index contributed by atoms with van der Waals surface area (Å²) in [5, 5.41) is 11.0. The number of rotatable bonds is 18. The van der Waals surface area contributed by atoms with Gasteiger partial charge in [-0.25, -0.2) is 13.2 Å². The highest BCUT2D eigenvalue weighted by atomic mass is 19.2. The SMILES string of the molecule is CCCCCCCCC(CCCCCc1cc(F)c(F)c(F)c1)C(O)(OCC)OCC. The molecule has 0 amide bonds. The second-order valence-electron chi connectivity index (χ2n) is 8.22. The molecule has 1 atom stereocenters. The fraction of sp³-hybridized carbons (Fsp3) is 0.760. The van der Waals surface area contributed by atoms with Crippen molar-refractivity contribution in [1.82, 2.24) is 0 Å². The monoisotopic (exact) mass is 446 g/mol. The highest BCUT2D eigenvalue weighted by molar-refractivity contribution is 5.19. The molecule has 0 aliphatic rings. The maximum absolute atomic E-state index is 13.3. The predicted octanol–water partition coefficient (Wildman–Crippen LogP) is 7.29. The molecule has 3 nitrogen and oxygen atoms in total. The Hall–Kier alpha value is -1.11. The summed E-state index contributed by atoms with van der Waals surface area (Å²) in [6, 6.07) is 2.12. The molecule has 0 fully saturated rings. The van der Waals surface area contributed by atoms with Crippen LogP contribution in [-0.4, -0.2) is 24.3 Å². The average molecular weight is 447 g/mol. The first-order valence-corrected chi connectivity index (χ1v) is 12.0. The Morgan fingerprint density at radius 2 is 1.26 bits per heavy atom. The van der Waals surface area contributed by atoms with Crippen molar-refractivity contribution in [2.75, 3.05) is 13.2 Å². The van der Waals surface area contributed by atoms with Crippen LogP contribution in [-0.2, 0) is 15.9 Å². The molecule has 31 heavy (non-hydrogen) atoms. The van der Waals surface area contributed by atoms with Gasteiger partial charge in [-0.1, -0.05) is 58.3 Å². The molecule has 1 aromatic rings. The lowest BCUT2D eigenvalue weighted by atomic mass is 9.91. The van der Waals surface area contributed by atoms with Gasteiger partial charge in [-0.2, -0.15) is 0 Å². The van der Waals surface area contributed by atoms with Crippen molar-refractivity contribution in [1.29, 1.82) is 0 Å². The third kappa shape index (κ3) is 10.4. The molecule has 0 saturated heterocycles. The van der Waals surface area contributed by atoms with E-state index in [-0.39, 0.29) is 5.92 Å². The van der Waals surface area contributed by atoms with Gasteiger partial charge in [0.15, 0.2) is 17.5 Å². The number of hydrogen-bond donors (Lipinski definition) is 1. The maximum Gasteiger partial charge on any atom is 0.283 e. The zero-order chi connectivity index (χ0) is 23.1. The minimum Gasteiger partial charge on any atom is -0.343 e. The molecule has 0 bridgehead atoms. The first kappa shape index (κ1) is 27.9. The van der Waals surface area contributed by atoms with Gasteiger partial charge in [0.1, 0.15) is 0 Å². The van der Waals surface area contributed by atoms with Crippen LogP contribution in [0.2, 0.25) is 0 Å². The summed E-state index contributed by atoms with van der Waals surface area (Å²) in [7, 11) is 0. The van der Waals surface area contributed by atoms with Crippen LogP contribution in [0.5, 0.6) is 0 Å². The molecule has 1 unspecified atom stereocenters. The van der Waals surface area contributed by atoms with Crippen LogP contribution >= 0.6 is 0 Å². The van der Waals surface area contributed by atoms with E-state index in [1.54, 1.807) is 0 Å². The average Bonchev–Trinajstić information content (AvgIpc) is 2.72. The van der Waals surface area contributed by atoms with E-state index in [0.29, 0.717) is 25.2 Å². The van der Waals surface area contributed by atoms with Crippen LogP contribution < -0.4 is 0 Å². The number of aryl methyl sites for hydroxylation is 1. The van der Waals surface area contributed by atoms with Gasteiger partial charge in [0.2, 0.25) is 0 Å². The molecular weight excluding hydrogens is 405 g/mol. The number of ether oxygens (including phenoxy) is 2. The van der Waals surface area contributed by atoms with E-state index in [1.165, 1.54) is 25.7 Å². The molecule has 0 aliphatic carbocycles. The molecule has 0 aromatic heterocycles. The largest absolute Gasteiger partial charge is 0.343 e. The summed E-state index contributed by atoms with van der Waals surface area (Å²) in [5.74, 6) is -5.41. The maximum atomic E-state index is 13.3. The molecule has 0 spiro atoms. The van der Waals surface area contributed by atoms with Crippen molar-refractivity contribution in [3.05, 3.63) is 35.1 Å². The van der Waals surface area contributed by atoms with E-state index >= 15 is 0 Å². The Balaban J connectivity index is 2.53. The summed E-state index contributed by atoms with van der Waals surface area (Å²) in [4.78, 5) is 0. The molecule has 0 heterocycles. The number of halogens is 3. The van der Waals surface area contributed by atoms with Crippen molar-refractivity contribution in [2.45, 2.75) is 104 Å². The van der Waals surface area contributed by atoms with Crippen LogP contribution in [0.1, 0.15) is 97.0 Å². The Kier molecular flexibility index (Phi) is 14.1. The number of unbranched alkanes of at least 4 members (excludes halogenated alkanes) is 7. The van der Waals surface area contributed by atoms with E-state index < -0.39 is 23.4 Å². The number of aliphatic hydroxyl groups is 1. The summed E-state index contributed by atoms with van der Waals surface area (Å²) in [6.07, 6.45) is 11.5. The Morgan fingerprint density at radius 1 is 0.774 bits per heavy atom. The third-order valence-corrected chi connectivity index (χ3v) is 5.69. The van der Waals surface area contributed by atoms with Crippen molar-refractivity contribution in [2.24, 2.45) is 5.92 Å². The summed E-state index contributed by atoms with van der Waals surface area (Å²) in [6.45, 7) is 6.61. The highest BCUT2D eigenvalue weighted by Crippen LogP contribution is 2.31. The molecule has 1 rings (SSSR count). The molecule has 180 valence electrons. The van der Waals surface area contributed by atoms with Gasteiger partial charge in [0, 0.05) is 19.1 Å². The molecule has 1 aromatic carbocycles. The van der Waals surface area contributed by atoms with Crippen molar-refractivity contribution in [3.8, 4) is 0 Å². The molecule has 6 heteroatoms. The zero-order valence-electron chi connectivity index (χ0n) is 19.5. The normalized spacial score (nSPS) is 13.0. The summed E-state index contributed by atoms with van der Waals surface area (Å²) >= 11 is 0. The Bertz CT molecular complexity index is 581. The molecule has 0 aliphatic heterocycles. The predicted molar refractivity (Wildman–Crippen MR) is 118 cm³/mol. The second kappa shape index (κ2) is 15.7. The van der Waals surface area contributed by atoms with Crippen molar-refractivity contribution >= 4 is 0 Å². The quantitative estimate of drug-likeness (QED) is 0.146. The molecular formula is C25H41F3O3. The standard InChI is InChI=1S/C25H41F3O3/c1-4-7-8-9-10-13-16-21(25(29,30-5-2)31-6-3)17-14-11-12-15-20-18-22(26)24(28)23(27)19-20/h18-19,21,29H,4-17H2,1-3H3. The van der Waals surface area contributed by atoms with Crippen LogP contribution in [0.4, 0.5) is 13.2 Å². The van der Waals surface area contributed by atoms with Crippen molar-refractivity contribution < 1.29 is 27.8 Å². The van der Waals surface area contributed by atoms with Gasteiger partial charge >= 0.3 is 0 Å². The second-order valence-corrected chi connectivity index (χ2v) is 8.22. The lowest BCUT2D eigenvalue weighted by molar-refractivity contribution is -0.385. The van der Waals surface area contributed by atoms with Gasteiger partial charge in [0.05, 0.1) is 0 Å².